The van der Waals surface area contributed by atoms with Gasteiger partial charge in [0.05, 0.1) is 5.52 Å². The fraction of sp³-hybridized carbons (Fsp3) is 0.200. The number of nitrogens with zero attached hydrogens (tertiary/aromatic N) is 1. The summed E-state index contributed by atoms with van der Waals surface area (Å²) in [5.74, 6) is 0. The largest absolute Gasteiger partial charge is 0.313 e. The summed E-state index contributed by atoms with van der Waals surface area (Å²) in [5, 5.41) is 4.72. The molecule has 3 aromatic carbocycles. The minimum Gasteiger partial charge on any atom is -0.313 e. The van der Waals surface area contributed by atoms with E-state index in [0.717, 1.165) is 0 Å². The third-order valence-electron chi connectivity index (χ3n) is 6.65. The Labute approximate surface area is 161 Å². The smallest absolute Gasteiger partial charge is 0.101 e. The van der Waals surface area contributed by atoms with Crippen LogP contribution in [0.5, 0.6) is 0 Å². The monoisotopic (exact) mass is 365 g/mol. The molecule has 2 heterocycles. The molecule has 0 saturated carbocycles. The first-order valence-electron chi connectivity index (χ1n) is 10.2. The lowest BCUT2D eigenvalue weighted by Gasteiger charge is -2.16. The van der Waals surface area contributed by atoms with Crippen LogP contribution in [0.1, 0.15) is 24.1 Å². The molecule has 1 nitrogen and oxygen atoms in total. The topological polar surface area (TPSA) is 4.93 Å². The molecule has 0 radical (unpaired) electrons. The Hall–Kier alpha value is -2.58. The minimum atomic E-state index is -1.09. The average molecular weight is 366 g/mol. The Bertz CT molecular complexity index is 1190. The van der Waals surface area contributed by atoms with Crippen molar-refractivity contribution >= 4 is 30.1 Å². The molecule has 0 saturated heterocycles. The summed E-state index contributed by atoms with van der Waals surface area (Å²) in [5.41, 5.74) is 8.95. The van der Waals surface area contributed by atoms with Crippen LogP contribution in [0.25, 0.3) is 27.7 Å². The lowest BCUT2D eigenvalue weighted by Crippen LogP contribution is -2.34. The van der Waals surface area contributed by atoms with E-state index in [4.69, 9.17) is 0 Å². The van der Waals surface area contributed by atoms with Gasteiger partial charge >= 0.3 is 0 Å². The van der Waals surface area contributed by atoms with Crippen molar-refractivity contribution in [2.45, 2.75) is 32.2 Å². The number of hydrogen-bond acceptors (Lipinski definition) is 0. The summed E-state index contributed by atoms with van der Waals surface area (Å²) in [4.78, 5) is 0. The van der Waals surface area contributed by atoms with E-state index in [1.807, 2.05) is 0 Å². The number of fused-ring (bicyclic) bond motifs is 7. The van der Waals surface area contributed by atoms with Crippen molar-refractivity contribution in [1.29, 1.82) is 0 Å². The summed E-state index contributed by atoms with van der Waals surface area (Å²) in [6, 6.07) is 25.1. The molecule has 1 atom stereocenters. The van der Waals surface area contributed by atoms with Gasteiger partial charge in [0.15, 0.2) is 0 Å². The van der Waals surface area contributed by atoms with Crippen LogP contribution in [-0.2, 0) is 12.8 Å². The van der Waals surface area contributed by atoms with Crippen LogP contribution in [0, 0.1) is 0 Å². The predicted octanol–water partition coefficient (Wildman–Crippen LogP) is 4.46. The van der Waals surface area contributed by atoms with E-state index >= 15 is 0 Å². The van der Waals surface area contributed by atoms with Gasteiger partial charge in [0.1, 0.15) is 8.80 Å². The maximum Gasteiger partial charge on any atom is 0.101 e. The Balaban J connectivity index is 1.80. The van der Waals surface area contributed by atoms with Crippen molar-refractivity contribution in [1.82, 2.24) is 4.57 Å². The second kappa shape index (κ2) is 5.70. The molecule has 0 fully saturated rings. The van der Waals surface area contributed by atoms with Crippen LogP contribution in [-0.4, -0.2) is 13.4 Å². The number of benzene rings is 3. The maximum absolute atomic E-state index is 2.60. The summed E-state index contributed by atoms with van der Waals surface area (Å²) >= 11 is 0. The first-order valence-corrected chi connectivity index (χ1v) is 12.5. The van der Waals surface area contributed by atoms with Crippen LogP contribution in [0.15, 0.2) is 66.7 Å². The van der Waals surface area contributed by atoms with Gasteiger partial charge in [0.2, 0.25) is 0 Å². The Kier molecular flexibility index (Phi) is 3.27. The van der Waals surface area contributed by atoms with E-state index in [1.165, 1.54) is 53.4 Å². The van der Waals surface area contributed by atoms with Gasteiger partial charge in [0.25, 0.3) is 0 Å². The van der Waals surface area contributed by atoms with Gasteiger partial charge < -0.3 is 4.57 Å². The lowest BCUT2D eigenvalue weighted by atomic mass is 9.94. The van der Waals surface area contributed by atoms with Crippen LogP contribution in [0.4, 0.5) is 0 Å². The third kappa shape index (κ3) is 2.05. The van der Waals surface area contributed by atoms with Crippen LogP contribution < -0.4 is 10.4 Å². The van der Waals surface area contributed by atoms with E-state index in [2.05, 4.69) is 77.8 Å². The molecule has 4 aromatic rings. The normalized spacial score (nSPS) is 17.6. The van der Waals surface area contributed by atoms with E-state index in [1.54, 1.807) is 21.6 Å². The molecule has 1 aromatic heterocycles. The summed E-state index contributed by atoms with van der Waals surface area (Å²) < 4.78 is 2.60. The molecule has 0 bridgehead atoms. The summed E-state index contributed by atoms with van der Waals surface area (Å²) in [7, 11) is -1.09. The lowest BCUT2D eigenvalue weighted by molar-refractivity contribution is 0.667. The molecular formula is C25H23NSi. The Morgan fingerprint density at radius 1 is 0.778 bits per heavy atom. The SMILES string of the molecule is C[SiH]1c2ccccc2-c2c1ccc1c3c(n(-c4ccccc4)c21)CCCC3. The second-order valence-corrected chi connectivity index (χ2v) is 10.7. The molecule has 0 spiro atoms. The zero-order valence-electron chi connectivity index (χ0n) is 15.7. The van der Waals surface area contributed by atoms with Crippen molar-refractivity contribution in [3.8, 4) is 16.8 Å². The summed E-state index contributed by atoms with van der Waals surface area (Å²) in [6.45, 7) is 2.49. The van der Waals surface area contributed by atoms with Crippen LogP contribution in [0.2, 0.25) is 6.55 Å². The van der Waals surface area contributed by atoms with Crippen molar-refractivity contribution in [2.75, 3.05) is 0 Å². The highest BCUT2D eigenvalue weighted by Gasteiger charge is 2.31. The van der Waals surface area contributed by atoms with E-state index in [0.29, 0.717) is 0 Å². The average Bonchev–Trinajstić information content (AvgIpc) is 3.22. The molecule has 0 N–H and O–H groups in total. The molecule has 1 aliphatic carbocycles. The van der Waals surface area contributed by atoms with Gasteiger partial charge in [-0.1, -0.05) is 66.3 Å². The van der Waals surface area contributed by atoms with E-state index in [-0.39, 0.29) is 0 Å². The third-order valence-corrected chi connectivity index (χ3v) is 9.50. The zero-order valence-corrected chi connectivity index (χ0v) is 16.9. The number of para-hydroxylation sites is 1. The Morgan fingerprint density at radius 3 is 2.44 bits per heavy atom. The number of aromatic nitrogens is 1. The molecule has 27 heavy (non-hydrogen) atoms. The van der Waals surface area contributed by atoms with E-state index in [9.17, 15) is 0 Å². The van der Waals surface area contributed by atoms with Crippen molar-refractivity contribution in [2.24, 2.45) is 0 Å². The number of aryl methyl sites for hydroxylation is 1. The van der Waals surface area contributed by atoms with Crippen molar-refractivity contribution < 1.29 is 0 Å². The molecule has 6 rings (SSSR count). The van der Waals surface area contributed by atoms with E-state index < -0.39 is 8.80 Å². The first-order chi connectivity index (χ1) is 13.3. The van der Waals surface area contributed by atoms with Gasteiger partial charge in [-0.2, -0.15) is 0 Å². The maximum atomic E-state index is 2.60. The highest BCUT2D eigenvalue weighted by atomic mass is 28.3. The first kappa shape index (κ1) is 15.5. The molecule has 2 heteroatoms. The van der Waals surface area contributed by atoms with Crippen molar-refractivity contribution in [3.63, 3.8) is 0 Å². The van der Waals surface area contributed by atoms with Gasteiger partial charge in [-0.15, -0.1) is 0 Å². The fourth-order valence-electron chi connectivity index (χ4n) is 5.42. The number of hydrogen-bond donors (Lipinski definition) is 0. The molecule has 132 valence electrons. The Morgan fingerprint density at radius 2 is 1.56 bits per heavy atom. The highest BCUT2D eigenvalue weighted by Crippen LogP contribution is 2.40. The summed E-state index contributed by atoms with van der Waals surface area (Å²) in [6.07, 6.45) is 5.04. The van der Waals surface area contributed by atoms with Gasteiger partial charge in [0, 0.05) is 22.3 Å². The van der Waals surface area contributed by atoms with Gasteiger partial charge in [-0.3, -0.25) is 0 Å². The highest BCUT2D eigenvalue weighted by molar-refractivity contribution is 6.89. The fourth-order valence-corrected chi connectivity index (χ4v) is 7.97. The second-order valence-electron chi connectivity index (χ2n) is 8.04. The molecular weight excluding hydrogens is 342 g/mol. The van der Waals surface area contributed by atoms with Crippen LogP contribution in [0.3, 0.4) is 0 Å². The quantitative estimate of drug-likeness (QED) is 0.439. The molecule has 0 amide bonds. The molecule has 1 aliphatic heterocycles. The minimum absolute atomic E-state index is 1.09. The molecule has 2 aliphatic rings. The van der Waals surface area contributed by atoms with Gasteiger partial charge in [-0.25, -0.2) is 0 Å². The van der Waals surface area contributed by atoms with Crippen molar-refractivity contribution in [3.05, 3.63) is 78.0 Å². The number of rotatable bonds is 1. The van der Waals surface area contributed by atoms with Gasteiger partial charge in [-0.05, 0) is 54.1 Å². The molecule has 1 unspecified atom stereocenters. The zero-order chi connectivity index (χ0) is 18.0. The van der Waals surface area contributed by atoms with Crippen LogP contribution >= 0.6 is 0 Å². The standard InChI is InChI=1S/C25H23NSi/c1-27-22-14-8-6-12-20(22)24-23(27)16-15-19-18-11-5-7-13-21(18)26(25(19)24)17-9-3-2-4-10-17/h2-4,6,8-10,12,14-16,27H,5,7,11,13H2,1H3. The predicted molar refractivity (Wildman–Crippen MR) is 118 cm³/mol.